The van der Waals surface area contributed by atoms with Crippen molar-refractivity contribution in [2.24, 2.45) is 7.05 Å². The minimum absolute atomic E-state index is 1.03. The van der Waals surface area contributed by atoms with Gasteiger partial charge in [-0.2, -0.15) is 0 Å². The van der Waals surface area contributed by atoms with Gasteiger partial charge in [0.2, 0.25) is 0 Å². The second-order valence-electron chi connectivity index (χ2n) is 4.00. The largest absolute Gasteiger partial charge is 0.286 e. The van der Waals surface area contributed by atoms with E-state index in [4.69, 9.17) is 0 Å². The zero-order chi connectivity index (χ0) is 11.1. The molecule has 3 aromatic rings. The minimum atomic E-state index is 1.03. The molecule has 3 heteroatoms. The van der Waals surface area contributed by atoms with E-state index >= 15 is 0 Å². The van der Waals surface area contributed by atoms with Crippen molar-refractivity contribution in [2.75, 3.05) is 0 Å². The summed E-state index contributed by atoms with van der Waals surface area (Å²) < 4.78 is 2.03. The molecule has 0 radical (unpaired) electrons. The minimum Gasteiger partial charge on any atom is -0.264 e. The molecule has 0 spiro atoms. The normalized spacial score (nSPS) is 11.1. The van der Waals surface area contributed by atoms with E-state index in [1.807, 2.05) is 36.4 Å². The molecule has 0 atom stereocenters. The molecule has 16 heavy (non-hydrogen) atoms. The van der Waals surface area contributed by atoms with Crippen LogP contribution < -0.4 is 4.57 Å². The summed E-state index contributed by atoms with van der Waals surface area (Å²) in [5, 5.41) is 3.48. The molecule has 78 valence electrons. The van der Waals surface area contributed by atoms with Gasteiger partial charge < -0.3 is 0 Å². The summed E-state index contributed by atoms with van der Waals surface area (Å²) in [6.07, 6.45) is 5.54. The van der Waals surface area contributed by atoms with E-state index in [0.717, 1.165) is 10.9 Å². The fourth-order valence-corrected chi connectivity index (χ4v) is 2.00. The van der Waals surface area contributed by atoms with Crippen molar-refractivity contribution >= 4 is 21.7 Å². The van der Waals surface area contributed by atoms with E-state index in [0.29, 0.717) is 0 Å². The predicted octanol–water partition coefficient (Wildman–Crippen LogP) is 1.92. The molecule has 0 bridgehead atoms. The third kappa shape index (κ3) is 1.18. The van der Waals surface area contributed by atoms with E-state index in [-0.39, 0.29) is 0 Å². The van der Waals surface area contributed by atoms with Crippen LogP contribution in [0.15, 0.2) is 36.9 Å². The molecule has 0 saturated heterocycles. The van der Waals surface area contributed by atoms with E-state index in [9.17, 15) is 0 Å². The zero-order valence-corrected chi connectivity index (χ0v) is 9.31. The lowest BCUT2D eigenvalue weighted by Crippen LogP contribution is -2.32. The molecule has 0 fully saturated rings. The maximum Gasteiger partial charge on any atom is 0.286 e. The van der Waals surface area contributed by atoms with Crippen LogP contribution in [-0.2, 0) is 7.05 Å². The Morgan fingerprint density at radius 1 is 1.12 bits per heavy atom. The van der Waals surface area contributed by atoms with Crippen LogP contribution in [0, 0.1) is 6.92 Å². The molecule has 0 aliphatic heterocycles. The number of pyridine rings is 1. The Hall–Kier alpha value is -2.03. The van der Waals surface area contributed by atoms with Gasteiger partial charge in [-0.25, -0.2) is 4.57 Å². The average molecular weight is 210 g/mol. The van der Waals surface area contributed by atoms with Crippen molar-refractivity contribution in [1.82, 2.24) is 9.97 Å². The number of aromatic nitrogens is 3. The van der Waals surface area contributed by atoms with E-state index < -0.39 is 0 Å². The highest BCUT2D eigenvalue weighted by atomic mass is 15.0. The molecule has 0 aliphatic carbocycles. The molecule has 2 heterocycles. The van der Waals surface area contributed by atoms with Gasteiger partial charge >= 0.3 is 0 Å². The third-order valence-corrected chi connectivity index (χ3v) is 3.07. The maximum absolute atomic E-state index is 4.49. The Balaban J connectivity index is 2.58. The van der Waals surface area contributed by atoms with Gasteiger partial charge in [0.15, 0.2) is 5.52 Å². The first-order valence-electron chi connectivity index (χ1n) is 5.25. The summed E-state index contributed by atoms with van der Waals surface area (Å²) >= 11 is 0. The number of aryl methyl sites for hydroxylation is 2. The quantitative estimate of drug-likeness (QED) is 0.419. The van der Waals surface area contributed by atoms with Crippen molar-refractivity contribution in [3.05, 3.63) is 42.6 Å². The Bertz CT molecular complexity index is 689. The summed E-state index contributed by atoms with van der Waals surface area (Å²) in [6, 6.07) is 6.26. The van der Waals surface area contributed by atoms with Gasteiger partial charge in [0.25, 0.3) is 6.33 Å². The fraction of sp³-hybridized carbons (Fsp3) is 0.154. The fourth-order valence-electron chi connectivity index (χ4n) is 2.00. The van der Waals surface area contributed by atoms with Gasteiger partial charge in [-0.3, -0.25) is 4.98 Å². The first-order valence-corrected chi connectivity index (χ1v) is 5.25. The number of nitrogens with zero attached hydrogens (tertiary/aromatic N) is 3. The van der Waals surface area contributed by atoms with Gasteiger partial charge in [-0.05, 0) is 29.4 Å². The van der Waals surface area contributed by atoms with Crippen LogP contribution in [-0.4, -0.2) is 9.97 Å². The van der Waals surface area contributed by atoms with Crippen LogP contribution in [0.5, 0.6) is 0 Å². The number of hydrogen-bond acceptors (Lipinski definition) is 2. The lowest BCUT2D eigenvalue weighted by Gasteiger charge is -2.02. The molecular formula is C13H12N3+. The van der Waals surface area contributed by atoms with Crippen molar-refractivity contribution < 1.29 is 4.57 Å². The molecule has 2 aromatic heterocycles. The van der Waals surface area contributed by atoms with Crippen LogP contribution in [0.4, 0.5) is 0 Å². The van der Waals surface area contributed by atoms with E-state index in [1.165, 1.54) is 16.5 Å². The van der Waals surface area contributed by atoms with Crippen molar-refractivity contribution in [2.45, 2.75) is 6.92 Å². The van der Waals surface area contributed by atoms with Crippen LogP contribution in [0.1, 0.15) is 5.69 Å². The van der Waals surface area contributed by atoms with Gasteiger partial charge in [-0.15, -0.1) is 0 Å². The number of benzene rings is 1. The van der Waals surface area contributed by atoms with Gasteiger partial charge in [0, 0.05) is 12.4 Å². The molecule has 0 amide bonds. The molecule has 0 unspecified atom stereocenters. The van der Waals surface area contributed by atoms with Crippen molar-refractivity contribution in [3.8, 4) is 0 Å². The standard InChI is InChI=1S/C13H12N3/c1-9-11-4-3-10-5-6-14-7-12(10)13(11)15-8-16(9)2/h3-8H,1-2H3/q+1. The Morgan fingerprint density at radius 2 is 2.00 bits per heavy atom. The number of hydrogen-bond donors (Lipinski definition) is 0. The molecule has 1 aromatic carbocycles. The first-order chi connectivity index (χ1) is 7.77. The van der Waals surface area contributed by atoms with Crippen LogP contribution in [0.25, 0.3) is 21.7 Å². The van der Waals surface area contributed by atoms with Crippen LogP contribution >= 0.6 is 0 Å². The Morgan fingerprint density at radius 3 is 2.88 bits per heavy atom. The second-order valence-corrected chi connectivity index (χ2v) is 4.00. The predicted molar refractivity (Wildman–Crippen MR) is 63.0 cm³/mol. The summed E-state index contributed by atoms with van der Waals surface area (Å²) in [5.41, 5.74) is 2.25. The number of rotatable bonds is 0. The second kappa shape index (κ2) is 3.23. The highest BCUT2D eigenvalue weighted by Gasteiger charge is 2.11. The van der Waals surface area contributed by atoms with Gasteiger partial charge in [0.05, 0.1) is 17.8 Å². The summed E-state index contributed by atoms with van der Waals surface area (Å²) in [7, 11) is 2.01. The highest BCUT2D eigenvalue weighted by Crippen LogP contribution is 2.22. The van der Waals surface area contributed by atoms with E-state index in [1.54, 1.807) is 0 Å². The summed E-state index contributed by atoms with van der Waals surface area (Å²) in [6.45, 7) is 2.10. The summed E-state index contributed by atoms with van der Waals surface area (Å²) in [5.74, 6) is 0. The Labute approximate surface area is 93.4 Å². The van der Waals surface area contributed by atoms with Crippen LogP contribution in [0.3, 0.4) is 0 Å². The zero-order valence-electron chi connectivity index (χ0n) is 9.31. The topological polar surface area (TPSA) is 29.7 Å². The number of fused-ring (bicyclic) bond motifs is 3. The average Bonchev–Trinajstić information content (AvgIpc) is 2.33. The monoisotopic (exact) mass is 210 g/mol. The maximum atomic E-state index is 4.49. The third-order valence-electron chi connectivity index (χ3n) is 3.07. The molecule has 0 saturated carbocycles. The molecule has 3 rings (SSSR count). The molecular weight excluding hydrogens is 198 g/mol. The van der Waals surface area contributed by atoms with Gasteiger partial charge in [-0.1, -0.05) is 6.07 Å². The van der Waals surface area contributed by atoms with E-state index in [2.05, 4.69) is 29.0 Å². The van der Waals surface area contributed by atoms with Crippen LogP contribution in [0.2, 0.25) is 0 Å². The first kappa shape index (κ1) is 9.21. The van der Waals surface area contributed by atoms with Gasteiger partial charge in [0.1, 0.15) is 5.69 Å². The van der Waals surface area contributed by atoms with Crippen molar-refractivity contribution in [3.63, 3.8) is 0 Å². The Kier molecular flexibility index (Phi) is 1.86. The van der Waals surface area contributed by atoms with Crippen molar-refractivity contribution in [1.29, 1.82) is 0 Å². The highest BCUT2D eigenvalue weighted by molar-refractivity contribution is 6.04. The lowest BCUT2D eigenvalue weighted by molar-refractivity contribution is -0.679. The summed E-state index contributed by atoms with van der Waals surface area (Å²) in [4.78, 5) is 8.66. The smallest absolute Gasteiger partial charge is 0.264 e. The SMILES string of the molecule is Cc1c2ccc3ccncc3c2nc[n+]1C. The molecule has 0 aliphatic rings. The lowest BCUT2D eigenvalue weighted by atomic mass is 10.1. The molecule has 3 nitrogen and oxygen atoms in total. The molecule has 0 N–H and O–H groups in total.